The minimum Gasteiger partial charge on any atom is -0.384 e. The molecule has 1 aliphatic heterocycles. The fourth-order valence-electron chi connectivity index (χ4n) is 1.75. The van der Waals surface area contributed by atoms with Crippen molar-refractivity contribution >= 4 is 29.0 Å². The van der Waals surface area contributed by atoms with E-state index < -0.39 is 0 Å². The van der Waals surface area contributed by atoms with Crippen LogP contribution in [0.25, 0.3) is 0 Å². The molecule has 0 saturated carbocycles. The third-order valence-electron chi connectivity index (χ3n) is 2.71. The summed E-state index contributed by atoms with van der Waals surface area (Å²) in [7, 11) is 0. The number of carbonyl (C=O) groups excluding carboxylic acids is 1. The molecule has 0 radical (unpaired) electrons. The molecule has 2 heterocycles. The molecule has 1 aliphatic rings. The van der Waals surface area contributed by atoms with Gasteiger partial charge < -0.3 is 10.0 Å². The number of carbonyl (C=O) groups is 1. The average molecular weight is 281 g/mol. The van der Waals surface area contributed by atoms with Crippen molar-refractivity contribution < 1.29 is 9.90 Å². The fraction of sp³-hybridized carbons (Fsp3) is 0.462. The van der Waals surface area contributed by atoms with Gasteiger partial charge in [-0.05, 0) is 18.6 Å². The zero-order valence-corrected chi connectivity index (χ0v) is 11.9. The van der Waals surface area contributed by atoms with Crippen LogP contribution in [0.4, 0.5) is 0 Å². The molecule has 18 heavy (non-hydrogen) atoms. The van der Waals surface area contributed by atoms with E-state index in [-0.39, 0.29) is 12.5 Å². The molecule has 0 unspecified atom stereocenters. The van der Waals surface area contributed by atoms with Gasteiger partial charge in [0.15, 0.2) is 0 Å². The monoisotopic (exact) mass is 281 g/mol. The van der Waals surface area contributed by atoms with Gasteiger partial charge >= 0.3 is 0 Å². The van der Waals surface area contributed by atoms with Crippen LogP contribution in [0, 0.1) is 18.8 Å². The third-order valence-corrected chi connectivity index (χ3v) is 4.79. The number of aryl methyl sites for hydroxylation is 1. The van der Waals surface area contributed by atoms with Gasteiger partial charge in [0.05, 0.1) is 9.75 Å². The summed E-state index contributed by atoms with van der Waals surface area (Å²) < 4.78 is 0. The molecular weight excluding hydrogens is 266 g/mol. The van der Waals surface area contributed by atoms with Gasteiger partial charge in [-0.3, -0.25) is 4.79 Å². The molecule has 0 aromatic carbocycles. The number of rotatable bonds is 1. The molecule has 2 rings (SSSR count). The molecule has 96 valence electrons. The molecule has 3 nitrogen and oxygen atoms in total. The highest BCUT2D eigenvalue weighted by molar-refractivity contribution is 7.99. The van der Waals surface area contributed by atoms with E-state index in [1.165, 1.54) is 11.3 Å². The second-order valence-electron chi connectivity index (χ2n) is 3.99. The minimum atomic E-state index is -0.149. The standard InChI is InChI=1S/C13H15NO2S2/c1-10-9-12(18-11(10)3-2-6-15)13(16)14-4-7-17-8-5-14/h9,15H,4-8H2,1H3. The summed E-state index contributed by atoms with van der Waals surface area (Å²) in [5.41, 5.74) is 1.01. The van der Waals surface area contributed by atoms with E-state index in [0.717, 1.165) is 39.9 Å². The van der Waals surface area contributed by atoms with Crippen molar-refractivity contribution in [3.63, 3.8) is 0 Å². The highest BCUT2D eigenvalue weighted by Crippen LogP contribution is 2.23. The van der Waals surface area contributed by atoms with Crippen molar-refractivity contribution in [2.75, 3.05) is 31.2 Å². The van der Waals surface area contributed by atoms with E-state index in [0.29, 0.717) is 0 Å². The van der Waals surface area contributed by atoms with Crippen LogP contribution in [0.1, 0.15) is 20.1 Å². The van der Waals surface area contributed by atoms with Crippen LogP contribution in [0.3, 0.4) is 0 Å². The molecule has 1 fully saturated rings. The summed E-state index contributed by atoms with van der Waals surface area (Å²) in [5, 5.41) is 8.69. The highest BCUT2D eigenvalue weighted by atomic mass is 32.2. The zero-order chi connectivity index (χ0) is 13.0. The molecular formula is C13H15NO2S2. The number of hydrogen-bond donors (Lipinski definition) is 1. The van der Waals surface area contributed by atoms with Crippen LogP contribution in [0.15, 0.2) is 6.07 Å². The molecule has 0 bridgehead atoms. The second-order valence-corrected chi connectivity index (χ2v) is 6.26. The molecule has 0 aliphatic carbocycles. The summed E-state index contributed by atoms with van der Waals surface area (Å²) in [6.07, 6.45) is 0. The Morgan fingerprint density at radius 2 is 2.22 bits per heavy atom. The predicted molar refractivity (Wildman–Crippen MR) is 76.2 cm³/mol. The second kappa shape index (κ2) is 6.28. The minimum absolute atomic E-state index is 0.112. The van der Waals surface area contributed by atoms with Crippen molar-refractivity contribution in [3.8, 4) is 11.8 Å². The molecule has 1 amide bonds. The third kappa shape index (κ3) is 3.08. The van der Waals surface area contributed by atoms with Gasteiger partial charge in [0, 0.05) is 24.6 Å². The maximum Gasteiger partial charge on any atom is 0.264 e. The van der Waals surface area contributed by atoms with Gasteiger partial charge in [0.1, 0.15) is 6.61 Å². The lowest BCUT2D eigenvalue weighted by Gasteiger charge is -2.25. The van der Waals surface area contributed by atoms with Crippen molar-refractivity contribution in [2.24, 2.45) is 0 Å². The molecule has 0 spiro atoms. The van der Waals surface area contributed by atoms with Crippen molar-refractivity contribution in [3.05, 3.63) is 21.4 Å². The van der Waals surface area contributed by atoms with Crippen LogP contribution >= 0.6 is 23.1 Å². The van der Waals surface area contributed by atoms with Gasteiger partial charge in [-0.25, -0.2) is 0 Å². The van der Waals surface area contributed by atoms with Crippen LogP contribution in [0.5, 0.6) is 0 Å². The van der Waals surface area contributed by atoms with Gasteiger partial charge in [0.25, 0.3) is 5.91 Å². The van der Waals surface area contributed by atoms with E-state index in [4.69, 9.17) is 5.11 Å². The lowest BCUT2D eigenvalue weighted by atomic mass is 10.2. The Labute approximate surface area is 115 Å². The number of amides is 1. The molecule has 1 aromatic rings. The lowest BCUT2D eigenvalue weighted by molar-refractivity contribution is 0.0777. The largest absolute Gasteiger partial charge is 0.384 e. The Balaban J connectivity index is 2.15. The quantitative estimate of drug-likeness (QED) is 0.795. The normalized spacial score (nSPS) is 15.1. The van der Waals surface area contributed by atoms with E-state index >= 15 is 0 Å². The number of aliphatic hydroxyl groups excluding tert-OH is 1. The van der Waals surface area contributed by atoms with Gasteiger partial charge in [0.2, 0.25) is 0 Å². The maximum atomic E-state index is 12.3. The van der Waals surface area contributed by atoms with Crippen LogP contribution in [0.2, 0.25) is 0 Å². The van der Waals surface area contributed by atoms with Crippen LogP contribution < -0.4 is 0 Å². The number of aliphatic hydroxyl groups is 1. The Hall–Kier alpha value is -0.960. The SMILES string of the molecule is Cc1cc(C(=O)N2CCSCC2)sc1C#CCO. The predicted octanol–water partition coefficient (Wildman–Crippen LogP) is 1.59. The number of nitrogens with zero attached hydrogens (tertiary/aromatic N) is 1. The van der Waals surface area contributed by atoms with Crippen molar-refractivity contribution in [1.82, 2.24) is 4.90 Å². The summed E-state index contributed by atoms with van der Waals surface area (Å²) in [6.45, 7) is 3.46. The van der Waals surface area contributed by atoms with E-state index in [9.17, 15) is 4.79 Å². The van der Waals surface area contributed by atoms with Crippen molar-refractivity contribution in [2.45, 2.75) is 6.92 Å². The number of thiophene rings is 1. The Morgan fingerprint density at radius 3 is 2.89 bits per heavy atom. The topological polar surface area (TPSA) is 40.5 Å². The first-order valence-electron chi connectivity index (χ1n) is 5.79. The van der Waals surface area contributed by atoms with E-state index in [1.807, 2.05) is 29.7 Å². The Morgan fingerprint density at radius 1 is 1.50 bits per heavy atom. The maximum absolute atomic E-state index is 12.3. The first-order valence-corrected chi connectivity index (χ1v) is 7.76. The Bertz CT molecular complexity index is 493. The smallest absolute Gasteiger partial charge is 0.264 e. The average Bonchev–Trinajstić information content (AvgIpc) is 2.78. The molecule has 1 saturated heterocycles. The number of hydrogen-bond acceptors (Lipinski definition) is 4. The Kier molecular flexibility index (Phi) is 4.70. The van der Waals surface area contributed by atoms with Crippen molar-refractivity contribution in [1.29, 1.82) is 0 Å². The summed E-state index contributed by atoms with van der Waals surface area (Å²) in [4.78, 5) is 15.8. The summed E-state index contributed by atoms with van der Waals surface area (Å²) in [5.74, 6) is 7.66. The van der Waals surface area contributed by atoms with Crippen LogP contribution in [-0.4, -0.2) is 47.1 Å². The highest BCUT2D eigenvalue weighted by Gasteiger charge is 2.20. The molecule has 0 atom stereocenters. The summed E-state index contributed by atoms with van der Waals surface area (Å²) >= 11 is 3.31. The van der Waals surface area contributed by atoms with Gasteiger partial charge in [-0.2, -0.15) is 11.8 Å². The van der Waals surface area contributed by atoms with E-state index in [1.54, 1.807) is 0 Å². The first-order chi connectivity index (χ1) is 8.72. The summed E-state index contributed by atoms with van der Waals surface area (Å²) in [6, 6.07) is 1.90. The molecule has 1 aromatic heterocycles. The molecule has 1 N–H and O–H groups in total. The zero-order valence-electron chi connectivity index (χ0n) is 10.2. The fourth-order valence-corrected chi connectivity index (χ4v) is 3.67. The van der Waals surface area contributed by atoms with Crippen LogP contribution in [-0.2, 0) is 0 Å². The lowest BCUT2D eigenvalue weighted by Crippen LogP contribution is -2.37. The van der Waals surface area contributed by atoms with Gasteiger partial charge in [-0.15, -0.1) is 11.3 Å². The van der Waals surface area contributed by atoms with E-state index in [2.05, 4.69) is 11.8 Å². The number of thioether (sulfide) groups is 1. The molecule has 5 heteroatoms. The van der Waals surface area contributed by atoms with Gasteiger partial charge in [-0.1, -0.05) is 11.8 Å². The first kappa shape index (κ1) is 13.5.